The minimum atomic E-state index is -0.493. The van der Waals surface area contributed by atoms with E-state index in [1.165, 1.54) is 19.1 Å². The van der Waals surface area contributed by atoms with Crippen LogP contribution in [0.1, 0.15) is 12.5 Å². The highest BCUT2D eigenvalue weighted by Crippen LogP contribution is 2.17. The van der Waals surface area contributed by atoms with Gasteiger partial charge < -0.3 is 10.5 Å². The first-order valence-corrected chi connectivity index (χ1v) is 3.15. The zero-order chi connectivity index (χ0) is 8.43. The lowest BCUT2D eigenvalue weighted by Gasteiger charge is -2.00. The summed E-state index contributed by atoms with van der Waals surface area (Å²) in [7, 11) is 0. The van der Waals surface area contributed by atoms with Gasteiger partial charge >= 0.3 is 0 Å². The molecule has 0 aromatic heterocycles. The molecule has 2 N–H and O–H groups in total. The second kappa shape index (κ2) is 2.70. The maximum atomic E-state index is 12.4. The van der Waals surface area contributed by atoms with Crippen molar-refractivity contribution in [3.05, 3.63) is 29.6 Å². The second-order valence-electron chi connectivity index (χ2n) is 2.29. The smallest absolute Gasteiger partial charge is 0.127 e. The number of phenols is 1. The van der Waals surface area contributed by atoms with E-state index in [0.717, 1.165) is 6.07 Å². The van der Waals surface area contributed by atoms with E-state index in [9.17, 15) is 4.39 Å². The van der Waals surface area contributed by atoms with Crippen LogP contribution >= 0.6 is 0 Å². The summed E-state index contributed by atoms with van der Waals surface area (Å²) >= 11 is 0. The molecule has 0 aliphatic carbocycles. The van der Waals surface area contributed by atoms with E-state index in [-0.39, 0.29) is 11.5 Å². The maximum Gasteiger partial charge on any atom is 0.127 e. The van der Waals surface area contributed by atoms with Crippen LogP contribution in [-0.4, -0.2) is 10.8 Å². The number of halogens is 1. The van der Waals surface area contributed by atoms with Crippen LogP contribution < -0.4 is 0 Å². The Kier molecular flexibility index (Phi) is 1.89. The number of rotatable bonds is 1. The van der Waals surface area contributed by atoms with Gasteiger partial charge in [-0.1, -0.05) is 0 Å². The molecule has 0 atom stereocenters. The van der Waals surface area contributed by atoms with E-state index in [1.807, 2.05) is 0 Å². The molecule has 3 heteroatoms. The van der Waals surface area contributed by atoms with Gasteiger partial charge in [0, 0.05) is 17.3 Å². The fourth-order valence-corrected chi connectivity index (χ4v) is 0.822. The molecule has 1 rings (SSSR count). The van der Waals surface area contributed by atoms with Gasteiger partial charge in [-0.3, -0.25) is 0 Å². The summed E-state index contributed by atoms with van der Waals surface area (Å²) in [4.78, 5) is 0. The third-order valence-electron chi connectivity index (χ3n) is 1.36. The number of nitrogens with one attached hydrogen (secondary N) is 1. The fraction of sp³-hybridized carbons (Fsp3) is 0.125. The summed E-state index contributed by atoms with van der Waals surface area (Å²) in [6, 6.07) is 3.59. The molecule has 0 aliphatic rings. The third-order valence-corrected chi connectivity index (χ3v) is 1.36. The molecule has 0 aliphatic heterocycles. The van der Waals surface area contributed by atoms with Gasteiger partial charge in [-0.05, 0) is 19.1 Å². The average Bonchev–Trinajstić information content (AvgIpc) is 1.85. The highest BCUT2D eigenvalue weighted by atomic mass is 19.1. The van der Waals surface area contributed by atoms with Crippen LogP contribution in [-0.2, 0) is 0 Å². The van der Waals surface area contributed by atoms with Gasteiger partial charge in [0.25, 0.3) is 0 Å². The lowest BCUT2D eigenvalue weighted by atomic mass is 10.1. The Hall–Kier alpha value is -1.38. The molecule has 0 saturated heterocycles. The van der Waals surface area contributed by atoms with Gasteiger partial charge in [0.1, 0.15) is 11.6 Å². The summed E-state index contributed by atoms with van der Waals surface area (Å²) in [5.74, 6) is -0.676. The Morgan fingerprint density at radius 1 is 1.55 bits per heavy atom. The fourth-order valence-electron chi connectivity index (χ4n) is 0.822. The first-order valence-electron chi connectivity index (χ1n) is 3.15. The molecule has 0 unspecified atom stereocenters. The SMILES string of the molecule is CC(=N)c1ccc(F)cc1O. The van der Waals surface area contributed by atoms with E-state index in [4.69, 9.17) is 10.5 Å². The Morgan fingerprint density at radius 3 is 2.64 bits per heavy atom. The van der Waals surface area contributed by atoms with Gasteiger partial charge in [0.2, 0.25) is 0 Å². The number of aromatic hydroxyl groups is 1. The molecule has 0 saturated carbocycles. The molecule has 1 aromatic carbocycles. The van der Waals surface area contributed by atoms with Crippen molar-refractivity contribution >= 4 is 5.71 Å². The molecule has 0 radical (unpaired) electrons. The highest BCUT2D eigenvalue weighted by molar-refractivity contribution is 5.98. The standard InChI is InChI=1S/C8H8FNO/c1-5(10)7-3-2-6(9)4-8(7)11/h2-4,10-11H,1H3. The number of benzene rings is 1. The van der Waals surface area contributed by atoms with Crippen molar-refractivity contribution < 1.29 is 9.50 Å². The van der Waals surface area contributed by atoms with Crippen LogP contribution in [0.25, 0.3) is 0 Å². The first kappa shape index (κ1) is 7.72. The van der Waals surface area contributed by atoms with Crippen LogP contribution in [0.3, 0.4) is 0 Å². The molecule has 0 heterocycles. The maximum absolute atomic E-state index is 12.4. The Morgan fingerprint density at radius 2 is 2.18 bits per heavy atom. The van der Waals surface area contributed by atoms with Gasteiger partial charge in [-0.2, -0.15) is 0 Å². The topological polar surface area (TPSA) is 44.1 Å². The minimum absolute atomic E-state index is 0.183. The summed E-state index contributed by atoms with van der Waals surface area (Å²) in [6.45, 7) is 1.53. The van der Waals surface area contributed by atoms with Crippen LogP contribution in [0.2, 0.25) is 0 Å². The van der Waals surface area contributed by atoms with E-state index in [2.05, 4.69) is 0 Å². The van der Waals surface area contributed by atoms with Crippen molar-refractivity contribution in [2.45, 2.75) is 6.92 Å². The van der Waals surface area contributed by atoms with Gasteiger partial charge in [0.15, 0.2) is 0 Å². The molecule has 1 aromatic rings. The predicted molar refractivity (Wildman–Crippen MR) is 40.6 cm³/mol. The summed E-state index contributed by atoms with van der Waals surface area (Å²) < 4.78 is 12.4. The zero-order valence-corrected chi connectivity index (χ0v) is 6.06. The molecule has 0 spiro atoms. The van der Waals surface area contributed by atoms with Gasteiger partial charge in [-0.15, -0.1) is 0 Å². The van der Waals surface area contributed by atoms with E-state index in [1.54, 1.807) is 0 Å². The lowest BCUT2D eigenvalue weighted by molar-refractivity contribution is 0.468. The second-order valence-corrected chi connectivity index (χ2v) is 2.29. The molecule has 2 nitrogen and oxygen atoms in total. The van der Waals surface area contributed by atoms with E-state index < -0.39 is 5.82 Å². The van der Waals surface area contributed by atoms with Gasteiger partial charge in [0.05, 0.1) is 0 Å². The van der Waals surface area contributed by atoms with Crippen LogP contribution in [0.4, 0.5) is 4.39 Å². The molecule has 0 fully saturated rings. The minimum Gasteiger partial charge on any atom is -0.507 e. The molecule has 0 amide bonds. The summed E-state index contributed by atoms with van der Waals surface area (Å²) in [6.07, 6.45) is 0. The van der Waals surface area contributed by atoms with Crippen molar-refractivity contribution in [2.24, 2.45) is 0 Å². The van der Waals surface area contributed by atoms with Crippen molar-refractivity contribution in [3.63, 3.8) is 0 Å². The van der Waals surface area contributed by atoms with Crippen molar-refractivity contribution in [2.75, 3.05) is 0 Å². The zero-order valence-electron chi connectivity index (χ0n) is 6.06. The van der Waals surface area contributed by atoms with Gasteiger partial charge in [-0.25, -0.2) is 4.39 Å². The number of hydrogen-bond acceptors (Lipinski definition) is 2. The largest absolute Gasteiger partial charge is 0.507 e. The van der Waals surface area contributed by atoms with E-state index >= 15 is 0 Å². The number of hydrogen-bond donors (Lipinski definition) is 2. The molecular formula is C8H8FNO. The third kappa shape index (κ3) is 1.55. The summed E-state index contributed by atoms with van der Waals surface area (Å²) in [5.41, 5.74) is 0.592. The quantitative estimate of drug-likeness (QED) is 0.595. The molecule has 0 bridgehead atoms. The molecule has 11 heavy (non-hydrogen) atoms. The Bertz CT molecular complexity index is 296. The Labute approximate surface area is 63.8 Å². The van der Waals surface area contributed by atoms with Crippen LogP contribution in [0.5, 0.6) is 5.75 Å². The average molecular weight is 153 g/mol. The van der Waals surface area contributed by atoms with E-state index in [0.29, 0.717) is 5.56 Å². The van der Waals surface area contributed by atoms with Crippen LogP contribution in [0.15, 0.2) is 18.2 Å². The predicted octanol–water partition coefficient (Wildman–Crippen LogP) is 1.92. The molecule has 58 valence electrons. The number of phenolic OH excluding ortho intramolecular Hbond substituents is 1. The van der Waals surface area contributed by atoms with Crippen molar-refractivity contribution in [1.82, 2.24) is 0 Å². The molecular weight excluding hydrogens is 145 g/mol. The summed E-state index contributed by atoms with van der Waals surface area (Å²) in [5, 5.41) is 16.2. The normalized spacial score (nSPS) is 9.64. The highest BCUT2D eigenvalue weighted by Gasteiger charge is 2.02. The van der Waals surface area contributed by atoms with Crippen LogP contribution in [0, 0.1) is 11.2 Å². The van der Waals surface area contributed by atoms with Crippen molar-refractivity contribution in [1.29, 1.82) is 5.41 Å². The Balaban J connectivity index is 3.20. The van der Waals surface area contributed by atoms with Crippen molar-refractivity contribution in [3.8, 4) is 5.75 Å². The monoisotopic (exact) mass is 153 g/mol. The lowest BCUT2D eigenvalue weighted by Crippen LogP contribution is -1.92. The first-order chi connectivity index (χ1) is 5.11.